The van der Waals surface area contributed by atoms with Crippen LogP contribution in [0.2, 0.25) is 0 Å². The van der Waals surface area contributed by atoms with E-state index in [0.717, 1.165) is 25.7 Å². The van der Waals surface area contributed by atoms with Crippen LogP contribution in [-0.4, -0.2) is 34.2 Å². The van der Waals surface area contributed by atoms with Gasteiger partial charge >= 0.3 is 0 Å². The number of ketones is 1. The van der Waals surface area contributed by atoms with Crippen LogP contribution in [-0.2, 0) is 6.42 Å². The van der Waals surface area contributed by atoms with Crippen LogP contribution in [0.25, 0.3) is 5.69 Å². The van der Waals surface area contributed by atoms with Crippen LogP contribution in [0, 0.1) is 5.82 Å². The maximum absolute atomic E-state index is 13.4. The van der Waals surface area contributed by atoms with E-state index in [1.54, 1.807) is 4.90 Å². The Labute approximate surface area is 162 Å². The summed E-state index contributed by atoms with van der Waals surface area (Å²) in [5.41, 5.74) is 1.12. The van der Waals surface area contributed by atoms with Crippen molar-refractivity contribution in [1.29, 1.82) is 0 Å². The van der Waals surface area contributed by atoms with Crippen molar-refractivity contribution in [2.24, 2.45) is 0 Å². The molecule has 1 amide bonds. The number of likely N-dealkylation sites (tertiary alicyclic amines) is 1. The summed E-state index contributed by atoms with van der Waals surface area (Å²) in [5.74, 6) is -0.774. The van der Waals surface area contributed by atoms with E-state index < -0.39 is 11.4 Å². The topological polar surface area (TPSA) is 59.4 Å². The molecule has 0 unspecified atom stereocenters. The summed E-state index contributed by atoms with van der Waals surface area (Å²) in [6, 6.07) is 7.07. The molecule has 0 atom stereocenters. The van der Waals surface area contributed by atoms with Gasteiger partial charge in [0.1, 0.15) is 11.4 Å². The number of amides is 1. The molecule has 1 aromatic carbocycles. The van der Waals surface area contributed by atoms with Crippen LogP contribution < -0.4 is 5.56 Å². The number of rotatable bonds is 2. The van der Waals surface area contributed by atoms with Crippen molar-refractivity contribution >= 4 is 11.7 Å². The fraction of sp³-hybridized carbons (Fsp3) is 0.409. The summed E-state index contributed by atoms with van der Waals surface area (Å²) < 4.78 is 14.8. The predicted molar refractivity (Wildman–Crippen MR) is 104 cm³/mol. The molecule has 1 aliphatic carbocycles. The van der Waals surface area contributed by atoms with Crippen LogP contribution in [0.5, 0.6) is 0 Å². The maximum atomic E-state index is 13.4. The number of hydrogen-bond donors (Lipinski definition) is 0. The molecule has 5 nitrogen and oxygen atoms in total. The fourth-order valence-electron chi connectivity index (χ4n) is 4.15. The molecule has 1 aromatic heterocycles. The van der Waals surface area contributed by atoms with Crippen LogP contribution in [0.3, 0.4) is 0 Å². The second kappa shape index (κ2) is 7.70. The first-order valence-corrected chi connectivity index (χ1v) is 9.93. The van der Waals surface area contributed by atoms with Crippen molar-refractivity contribution in [3.63, 3.8) is 0 Å². The number of fused-ring (bicyclic) bond motifs is 1. The molecule has 146 valence electrons. The fourth-order valence-corrected chi connectivity index (χ4v) is 4.15. The van der Waals surface area contributed by atoms with Crippen molar-refractivity contribution in [2.75, 3.05) is 13.1 Å². The number of hydrogen-bond acceptors (Lipinski definition) is 3. The van der Waals surface area contributed by atoms with Gasteiger partial charge in [-0.15, -0.1) is 0 Å². The van der Waals surface area contributed by atoms with E-state index in [1.807, 2.05) is 0 Å². The number of carbonyl (C=O) groups excluding carboxylic acids is 2. The monoisotopic (exact) mass is 382 g/mol. The van der Waals surface area contributed by atoms with Gasteiger partial charge in [0.05, 0.1) is 0 Å². The van der Waals surface area contributed by atoms with E-state index in [9.17, 15) is 18.8 Å². The second-order valence-electron chi connectivity index (χ2n) is 7.52. The summed E-state index contributed by atoms with van der Waals surface area (Å²) in [4.78, 5) is 40.7. The summed E-state index contributed by atoms with van der Waals surface area (Å²) in [6.45, 7) is 1.25. The highest BCUT2D eigenvalue weighted by Crippen LogP contribution is 2.24. The van der Waals surface area contributed by atoms with Crippen molar-refractivity contribution in [2.45, 2.75) is 44.9 Å². The van der Waals surface area contributed by atoms with Gasteiger partial charge in [-0.1, -0.05) is 12.8 Å². The Morgan fingerprint density at radius 3 is 2.25 bits per heavy atom. The maximum Gasteiger partial charge on any atom is 0.268 e. The van der Waals surface area contributed by atoms with Gasteiger partial charge in [-0.2, -0.15) is 0 Å². The molecule has 0 spiro atoms. The van der Waals surface area contributed by atoms with E-state index in [2.05, 4.69) is 0 Å². The first-order chi connectivity index (χ1) is 13.6. The lowest BCUT2D eigenvalue weighted by Gasteiger charge is -2.24. The highest BCUT2D eigenvalue weighted by molar-refractivity contribution is 6.02. The van der Waals surface area contributed by atoms with Crippen LogP contribution in [0.4, 0.5) is 4.39 Å². The zero-order valence-electron chi connectivity index (χ0n) is 15.7. The lowest BCUT2D eigenvalue weighted by atomic mass is 9.92. The van der Waals surface area contributed by atoms with E-state index in [4.69, 9.17) is 0 Å². The Balaban J connectivity index is 1.88. The predicted octanol–water partition coefficient (Wildman–Crippen LogP) is 3.51. The number of nitrogens with zero attached hydrogens (tertiary/aromatic N) is 2. The highest BCUT2D eigenvalue weighted by atomic mass is 19.1. The standard InChI is InChI=1S/C22H23FN2O3/c23-15-8-10-16(11-9-15)25-19-6-5-7-20(26)17(19)14-18(22(25)28)21(27)24-12-3-1-2-4-13-24/h8-11,14H,1-7,12-13H2. The van der Waals surface area contributed by atoms with E-state index >= 15 is 0 Å². The van der Waals surface area contributed by atoms with Crippen LogP contribution in [0.1, 0.15) is 64.9 Å². The third-order valence-electron chi connectivity index (χ3n) is 5.63. The molecule has 0 saturated carbocycles. The average Bonchev–Trinajstić information content (AvgIpc) is 2.98. The molecule has 1 aliphatic heterocycles. The minimum Gasteiger partial charge on any atom is -0.338 e. The van der Waals surface area contributed by atoms with E-state index in [0.29, 0.717) is 49.3 Å². The summed E-state index contributed by atoms with van der Waals surface area (Å²) in [7, 11) is 0. The number of pyridine rings is 1. The molecule has 1 saturated heterocycles. The van der Waals surface area contributed by atoms with Gasteiger partial charge < -0.3 is 4.90 Å². The number of benzene rings is 1. The number of halogens is 1. The van der Waals surface area contributed by atoms with E-state index in [-0.39, 0.29) is 17.3 Å². The number of aromatic nitrogens is 1. The minimum absolute atomic E-state index is 0.0280. The Hall–Kier alpha value is -2.76. The molecule has 2 aromatic rings. The van der Waals surface area contributed by atoms with Gasteiger partial charge in [0.15, 0.2) is 5.78 Å². The first kappa shape index (κ1) is 18.6. The smallest absolute Gasteiger partial charge is 0.268 e. The van der Waals surface area contributed by atoms with Gasteiger partial charge in [0.2, 0.25) is 0 Å². The highest BCUT2D eigenvalue weighted by Gasteiger charge is 2.28. The van der Waals surface area contributed by atoms with Crippen molar-refractivity contribution in [1.82, 2.24) is 9.47 Å². The van der Waals surface area contributed by atoms with Crippen LogP contribution in [0.15, 0.2) is 35.1 Å². The van der Waals surface area contributed by atoms with Gasteiger partial charge in [-0.05, 0) is 56.0 Å². The van der Waals surface area contributed by atoms with Gasteiger partial charge in [0, 0.05) is 36.5 Å². The Kier molecular flexibility index (Phi) is 5.11. The lowest BCUT2D eigenvalue weighted by molar-refractivity contribution is 0.0759. The third-order valence-corrected chi connectivity index (χ3v) is 5.63. The minimum atomic E-state index is -0.436. The molecule has 1 fully saturated rings. The van der Waals surface area contributed by atoms with Crippen LogP contribution >= 0.6 is 0 Å². The largest absolute Gasteiger partial charge is 0.338 e. The molecule has 6 heteroatoms. The zero-order chi connectivity index (χ0) is 19.7. The average molecular weight is 382 g/mol. The SMILES string of the molecule is O=C1CCCc2c1cc(C(=O)N1CCCCCC1)c(=O)n2-c1ccc(F)cc1. The Morgan fingerprint density at radius 2 is 1.57 bits per heavy atom. The molecule has 28 heavy (non-hydrogen) atoms. The molecular formula is C22H23FN2O3. The van der Waals surface area contributed by atoms with Gasteiger partial charge in [0.25, 0.3) is 11.5 Å². The molecule has 2 aliphatic rings. The van der Waals surface area contributed by atoms with Crippen molar-refractivity contribution < 1.29 is 14.0 Å². The summed E-state index contributed by atoms with van der Waals surface area (Å²) >= 11 is 0. The Morgan fingerprint density at radius 1 is 0.893 bits per heavy atom. The van der Waals surface area contributed by atoms with E-state index in [1.165, 1.54) is 34.9 Å². The van der Waals surface area contributed by atoms with Gasteiger partial charge in [-0.3, -0.25) is 19.0 Å². The quantitative estimate of drug-likeness (QED) is 0.799. The van der Waals surface area contributed by atoms with Crippen molar-refractivity contribution in [3.8, 4) is 5.69 Å². The normalized spacial score (nSPS) is 17.2. The first-order valence-electron chi connectivity index (χ1n) is 9.93. The summed E-state index contributed by atoms with van der Waals surface area (Å²) in [6.07, 6.45) is 5.63. The summed E-state index contributed by atoms with van der Waals surface area (Å²) in [5, 5.41) is 0. The number of carbonyl (C=O) groups is 2. The molecule has 0 radical (unpaired) electrons. The molecule has 4 rings (SSSR count). The number of Topliss-reactive ketones (excluding diaryl/α,β-unsaturated/α-hetero) is 1. The molecule has 0 N–H and O–H groups in total. The molecular weight excluding hydrogens is 359 g/mol. The zero-order valence-corrected chi connectivity index (χ0v) is 15.7. The third kappa shape index (κ3) is 3.39. The van der Waals surface area contributed by atoms with Gasteiger partial charge in [-0.25, -0.2) is 4.39 Å². The molecule has 0 bridgehead atoms. The second-order valence-corrected chi connectivity index (χ2v) is 7.52. The van der Waals surface area contributed by atoms with Crippen molar-refractivity contribution in [3.05, 3.63) is 63.3 Å². The lowest BCUT2D eigenvalue weighted by Crippen LogP contribution is -2.39. The Bertz CT molecular complexity index is 971. The molecule has 2 heterocycles.